The minimum absolute atomic E-state index is 0.123. The number of tetrazole rings is 1. The van der Waals surface area contributed by atoms with Crippen molar-refractivity contribution in [3.05, 3.63) is 83.4 Å². The highest BCUT2D eigenvalue weighted by Crippen LogP contribution is 2.33. The fourth-order valence-electron chi connectivity index (χ4n) is 4.79. The smallest absolute Gasteiger partial charge is 0.411 e. The number of carbonyl (C=O) groups is 3. The third-order valence-electron chi connectivity index (χ3n) is 6.89. The molecule has 2 bridgehead atoms. The number of halogens is 1. The largest absolute Gasteiger partial charge is 0.453 e. The van der Waals surface area contributed by atoms with E-state index in [1.54, 1.807) is 42.6 Å². The molecule has 1 unspecified atom stereocenters. The Morgan fingerprint density at radius 3 is 2.81 bits per heavy atom. The van der Waals surface area contributed by atoms with E-state index in [1.165, 1.54) is 24.2 Å². The quantitative estimate of drug-likeness (QED) is 0.260. The van der Waals surface area contributed by atoms with Crippen molar-refractivity contribution in [1.82, 2.24) is 30.5 Å². The zero-order valence-corrected chi connectivity index (χ0v) is 24.0. The molecule has 0 aliphatic carbocycles. The standard InChI is InChI=1S/C30H29ClN8O4/c1-43-30(42)34-22-9-10-23-19-13-14-32-26(16-19)24(5-3-2-4-6-28(40)36-25(23)17-22)35-29(41)12-7-20-15-21(31)8-11-27(20)39-18-33-37-38-39/h7-18,24H,2-6H2,1H3,(H,34,42)(H,35,41)(H,36,40)/b12-7+. The normalized spacial score (nSPS) is 15.3. The Hall–Kier alpha value is -5.10. The Balaban J connectivity index is 1.42. The van der Waals surface area contributed by atoms with Crippen molar-refractivity contribution < 1.29 is 19.1 Å². The number of aromatic nitrogens is 5. The van der Waals surface area contributed by atoms with Gasteiger partial charge in [-0.1, -0.05) is 30.5 Å². The number of nitrogens with one attached hydrogen (secondary N) is 3. The van der Waals surface area contributed by atoms with Crippen LogP contribution in [0.5, 0.6) is 0 Å². The molecule has 3 heterocycles. The highest BCUT2D eigenvalue weighted by Gasteiger charge is 2.19. The van der Waals surface area contributed by atoms with Crippen LogP contribution in [0, 0.1) is 0 Å². The molecule has 3 N–H and O–H groups in total. The molecule has 1 aliphatic heterocycles. The van der Waals surface area contributed by atoms with Crippen LogP contribution in [0.1, 0.15) is 49.4 Å². The van der Waals surface area contributed by atoms with Crippen LogP contribution in [0.3, 0.4) is 0 Å². The topological polar surface area (TPSA) is 153 Å². The Labute approximate surface area is 252 Å². The minimum atomic E-state index is -0.614. The fraction of sp³-hybridized carbons (Fsp3) is 0.233. The maximum Gasteiger partial charge on any atom is 0.411 e. The van der Waals surface area contributed by atoms with Crippen molar-refractivity contribution in [3.63, 3.8) is 0 Å². The molecule has 2 aromatic carbocycles. The van der Waals surface area contributed by atoms with Crippen molar-refractivity contribution in [2.75, 3.05) is 17.7 Å². The third-order valence-corrected chi connectivity index (χ3v) is 7.12. The van der Waals surface area contributed by atoms with Crippen molar-refractivity contribution in [2.45, 2.75) is 38.1 Å². The summed E-state index contributed by atoms with van der Waals surface area (Å²) in [6, 6.07) is 13.8. The number of pyridine rings is 1. The molecule has 0 fully saturated rings. The molecule has 1 atom stereocenters. The van der Waals surface area contributed by atoms with Gasteiger partial charge in [0.1, 0.15) is 6.33 Å². The Kier molecular flexibility index (Phi) is 9.37. The first-order valence-electron chi connectivity index (χ1n) is 13.7. The first-order chi connectivity index (χ1) is 20.9. The number of carbonyl (C=O) groups excluding carboxylic acids is 3. The van der Waals surface area contributed by atoms with Crippen LogP contribution in [-0.2, 0) is 14.3 Å². The average molecular weight is 601 g/mol. The second-order valence-electron chi connectivity index (χ2n) is 9.85. The van der Waals surface area contributed by atoms with E-state index in [9.17, 15) is 14.4 Å². The molecule has 4 aromatic rings. The number of anilines is 2. The van der Waals surface area contributed by atoms with Crippen molar-refractivity contribution in [3.8, 4) is 16.8 Å². The van der Waals surface area contributed by atoms with E-state index >= 15 is 0 Å². The van der Waals surface area contributed by atoms with E-state index in [1.807, 2.05) is 18.2 Å². The zero-order valence-electron chi connectivity index (χ0n) is 23.3. The maximum atomic E-state index is 13.2. The van der Waals surface area contributed by atoms with Gasteiger partial charge in [-0.15, -0.1) is 5.10 Å². The van der Waals surface area contributed by atoms with Crippen LogP contribution in [0.15, 0.2) is 67.1 Å². The van der Waals surface area contributed by atoms with Crippen molar-refractivity contribution in [2.24, 2.45) is 0 Å². The molecule has 5 rings (SSSR count). The molecule has 43 heavy (non-hydrogen) atoms. The Bertz CT molecular complexity index is 1660. The second kappa shape index (κ2) is 13.7. The number of hydrogen-bond acceptors (Lipinski definition) is 8. The van der Waals surface area contributed by atoms with Gasteiger partial charge < -0.3 is 15.4 Å². The number of nitrogens with zero attached hydrogens (tertiary/aromatic N) is 5. The molecule has 13 heteroatoms. The number of hydrogen-bond donors (Lipinski definition) is 3. The van der Waals surface area contributed by atoms with Gasteiger partial charge >= 0.3 is 6.09 Å². The van der Waals surface area contributed by atoms with Crippen LogP contribution < -0.4 is 16.0 Å². The second-order valence-corrected chi connectivity index (χ2v) is 10.3. The number of benzene rings is 2. The van der Waals surface area contributed by atoms with Gasteiger partial charge in [-0.25, -0.2) is 4.79 Å². The predicted octanol–water partition coefficient (Wildman–Crippen LogP) is 5.33. The molecule has 3 amide bonds. The third kappa shape index (κ3) is 7.60. The molecule has 0 spiro atoms. The summed E-state index contributed by atoms with van der Waals surface area (Å²) in [5.74, 6) is -0.429. The average Bonchev–Trinajstić information content (AvgIpc) is 3.54. The Morgan fingerprint density at radius 1 is 1.12 bits per heavy atom. The van der Waals surface area contributed by atoms with Crippen LogP contribution in [0.2, 0.25) is 5.02 Å². The fourth-order valence-corrected chi connectivity index (χ4v) is 4.97. The van der Waals surface area contributed by atoms with E-state index in [2.05, 4.69) is 36.5 Å². The summed E-state index contributed by atoms with van der Waals surface area (Å²) in [7, 11) is 1.28. The molecule has 0 saturated carbocycles. The maximum absolute atomic E-state index is 13.2. The van der Waals surface area contributed by atoms with Gasteiger partial charge in [-0.05, 0) is 77.4 Å². The van der Waals surface area contributed by atoms with E-state index < -0.39 is 6.09 Å². The molecule has 1 aliphatic rings. The summed E-state index contributed by atoms with van der Waals surface area (Å²) in [4.78, 5) is 42.3. The minimum Gasteiger partial charge on any atom is -0.453 e. The van der Waals surface area contributed by atoms with Gasteiger partial charge in [0.2, 0.25) is 11.8 Å². The summed E-state index contributed by atoms with van der Waals surface area (Å²) >= 11 is 6.21. The van der Waals surface area contributed by atoms with Crippen LogP contribution in [-0.4, -0.2) is 50.2 Å². The van der Waals surface area contributed by atoms with Crippen molar-refractivity contribution in [1.29, 1.82) is 0 Å². The molecule has 12 nitrogen and oxygen atoms in total. The van der Waals surface area contributed by atoms with Gasteiger partial charge in [0.25, 0.3) is 0 Å². The van der Waals surface area contributed by atoms with Gasteiger partial charge in [-0.3, -0.25) is 19.9 Å². The number of ether oxygens (including phenoxy) is 1. The molecule has 2 aromatic heterocycles. The van der Waals surface area contributed by atoms with Crippen LogP contribution in [0.25, 0.3) is 22.9 Å². The molecular weight excluding hydrogens is 572 g/mol. The first-order valence-corrected chi connectivity index (χ1v) is 14.0. The lowest BCUT2D eigenvalue weighted by atomic mass is 9.99. The van der Waals surface area contributed by atoms with Crippen LogP contribution >= 0.6 is 11.6 Å². The van der Waals surface area contributed by atoms with E-state index in [0.717, 1.165) is 24.0 Å². The highest BCUT2D eigenvalue weighted by molar-refractivity contribution is 6.30. The first kappa shape index (κ1) is 29.4. The van der Waals surface area contributed by atoms with E-state index in [4.69, 9.17) is 16.3 Å². The molecule has 0 radical (unpaired) electrons. The summed E-state index contributed by atoms with van der Waals surface area (Å²) in [6.45, 7) is 0. The molecular formula is C30H29ClN8O4. The molecule has 0 saturated heterocycles. The number of fused-ring (bicyclic) bond motifs is 4. The lowest BCUT2D eigenvalue weighted by Crippen LogP contribution is -2.27. The van der Waals surface area contributed by atoms with Gasteiger partial charge in [0.15, 0.2) is 0 Å². The van der Waals surface area contributed by atoms with Gasteiger partial charge in [0.05, 0.1) is 30.2 Å². The number of amides is 3. The summed E-state index contributed by atoms with van der Waals surface area (Å²) < 4.78 is 6.19. The van der Waals surface area contributed by atoms with Crippen molar-refractivity contribution >= 4 is 47.0 Å². The zero-order chi connectivity index (χ0) is 30.2. The van der Waals surface area contributed by atoms with E-state index in [0.29, 0.717) is 52.6 Å². The molecule has 220 valence electrons. The highest BCUT2D eigenvalue weighted by atomic mass is 35.5. The van der Waals surface area contributed by atoms with Gasteiger partial charge in [0, 0.05) is 40.5 Å². The predicted molar refractivity (Wildman–Crippen MR) is 161 cm³/mol. The van der Waals surface area contributed by atoms with E-state index in [-0.39, 0.29) is 17.9 Å². The monoisotopic (exact) mass is 600 g/mol. The summed E-state index contributed by atoms with van der Waals surface area (Å²) in [6.07, 6.45) is 8.87. The van der Waals surface area contributed by atoms with Gasteiger partial charge in [-0.2, -0.15) is 4.68 Å². The van der Waals surface area contributed by atoms with Crippen LogP contribution in [0.4, 0.5) is 16.2 Å². The number of methoxy groups -OCH3 is 1. The Morgan fingerprint density at radius 2 is 2.00 bits per heavy atom. The number of rotatable bonds is 5. The SMILES string of the molecule is COC(=O)Nc1ccc2c(c1)NC(=O)CCCCCC(NC(=O)/C=C/c1cc(Cl)ccc1-n1cnnn1)c1cc-2ccn1. The lowest BCUT2D eigenvalue weighted by Gasteiger charge is -2.19. The summed E-state index contributed by atoms with van der Waals surface area (Å²) in [5, 5.41) is 20.5. The summed E-state index contributed by atoms with van der Waals surface area (Å²) in [5.41, 5.74) is 4.57. The lowest BCUT2D eigenvalue weighted by molar-refractivity contribution is -0.117.